The van der Waals surface area contributed by atoms with E-state index in [0.717, 1.165) is 32.4 Å². The van der Waals surface area contributed by atoms with Crippen LogP contribution in [0.1, 0.15) is 19.4 Å². The summed E-state index contributed by atoms with van der Waals surface area (Å²) in [4.78, 5) is 18.9. The number of nitrogens with one attached hydrogen (secondary N) is 1. The van der Waals surface area contributed by atoms with Gasteiger partial charge in [0.05, 0.1) is 30.6 Å². The summed E-state index contributed by atoms with van der Waals surface area (Å²) < 4.78 is 13.5. The van der Waals surface area contributed by atoms with Gasteiger partial charge in [0.15, 0.2) is 0 Å². The van der Waals surface area contributed by atoms with Gasteiger partial charge in [-0.1, -0.05) is 11.6 Å². The molecule has 0 spiro atoms. The van der Waals surface area contributed by atoms with Crippen molar-refractivity contribution < 1.29 is 14.3 Å². The van der Waals surface area contributed by atoms with Crippen LogP contribution in [0.15, 0.2) is 28.7 Å². The molecule has 3 aromatic rings. The number of carbonyl (C=O) groups excluding carboxylic acids is 1. The van der Waals surface area contributed by atoms with Crippen LogP contribution in [-0.4, -0.2) is 42.3 Å². The Morgan fingerprint density at radius 3 is 2.71 bits per heavy atom. The standard InChI is InChI=1S/C22H26BrClN4O3/c1-6-28(12-18(29)31-7-2)16-9-8-15(23)20-21(16)27(4)22(26-20)25-19-13(3)10-14(24)11-17(19)30-5/h8-11H,6-7,12H2,1-5H3,(H,25,26). The second kappa shape index (κ2) is 9.78. The van der Waals surface area contributed by atoms with Gasteiger partial charge in [-0.3, -0.25) is 4.79 Å². The molecule has 1 aromatic heterocycles. The quantitative estimate of drug-likeness (QED) is 0.408. The molecule has 9 heteroatoms. The highest BCUT2D eigenvalue weighted by atomic mass is 79.9. The molecule has 0 amide bonds. The van der Waals surface area contributed by atoms with Gasteiger partial charge in [-0.2, -0.15) is 0 Å². The van der Waals surface area contributed by atoms with Crippen molar-refractivity contribution in [2.75, 3.05) is 37.0 Å². The zero-order valence-electron chi connectivity index (χ0n) is 18.3. The molecule has 0 bridgehead atoms. The molecule has 0 fully saturated rings. The minimum atomic E-state index is -0.262. The molecule has 3 rings (SSSR count). The number of esters is 1. The number of imidazole rings is 1. The Morgan fingerprint density at radius 2 is 2.06 bits per heavy atom. The summed E-state index contributed by atoms with van der Waals surface area (Å²) in [6, 6.07) is 7.55. The van der Waals surface area contributed by atoms with E-state index in [2.05, 4.69) is 21.2 Å². The van der Waals surface area contributed by atoms with Gasteiger partial charge in [-0.25, -0.2) is 4.98 Å². The lowest BCUT2D eigenvalue weighted by Gasteiger charge is -2.23. The normalized spacial score (nSPS) is 10.9. The largest absolute Gasteiger partial charge is 0.495 e. The van der Waals surface area contributed by atoms with Gasteiger partial charge in [0.2, 0.25) is 5.95 Å². The summed E-state index contributed by atoms with van der Waals surface area (Å²) in [5.41, 5.74) is 4.32. The molecule has 0 aliphatic heterocycles. The number of aryl methyl sites for hydroxylation is 2. The van der Waals surface area contributed by atoms with Crippen molar-refractivity contribution >= 4 is 61.9 Å². The number of carbonyl (C=O) groups is 1. The van der Waals surface area contributed by atoms with E-state index in [1.54, 1.807) is 20.1 Å². The number of hydrogen-bond acceptors (Lipinski definition) is 6. The van der Waals surface area contributed by atoms with Gasteiger partial charge in [0, 0.05) is 29.2 Å². The van der Waals surface area contributed by atoms with E-state index in [9.17, 15) is 4.79 Å². The molecule has 0 radical (unpaired) electrons. The summed E-state index contributed by atoms with van der Waals surface area (Å²) >= 11 is 9.78. The number of nitrogens with zero attached hydrogens (tertiary/aromatic N) is 3. The highest BCUT2D eigenvalue weighted by Gasteiger charge is 2.21. The topological polar surface area (TPSA) is 68.6 Å². The van der Waals surface area contributed by atoms with E-state index in [0.29, 0.717) is 29.9 Å². The summed E-state index contributed by atoms with van der Waals surface area (Å²) in [5, 5.41) is 3.99. The van der Waals surface area contributed by atoms with Crippen LogP contribution < -0.4 is 15.0 Å². The summed E-state index contributed by atoms with van der Waals surface area (Å²) in [6.45, 7) is 6.93. The number of aromatic nitrogens is 2. The fourth-order valence-corrected chi connectivity index (χ4v) is 4.18. The molecule has 31 heavy (non-hydrogen) atoms. The molecule has 1 heterocycles. The number of fused-ring (bicyclic) bond motifs is 1. The fraction of sp³-hybridized carbons (Fsp3) is 0.364. The molecule has 0 saturated carbocycles. The molecule has 7 nitrogen and oxygen atoms in total. The first-order valence-corrected chi connectivity index (χ1v) is 11.1. The maximum absolute atomic E-state index is 12.1. The summed E-state index contributed by atoms with van der Waals surface area (Å²) in [6.07, 6.45) is 0. The van der Waals surface area contributed by atoms with Crippen molar-refractivity contribution in [3.05, 3.63) is 39.3 Å². The van der Waals surface area contributed by atoms with Crippen LogP contribution in [0.2, 0.25) is 5.02 Å². The van der Waals surface area contributed by atoms with Crippen LogP contribution in [0, 0.1) is 6.92 Å². The van der Waals surface area contributed by atoms with Gasteiger partial charge in [0.25, 0.3) is 0 Å². The Labute approximate surface area is 195 Å². The van der Waals surface area contributed by atoms with Gasteiger partial charge in [0.1, 0.15) is 17.8 Å². The number of ether oxygens (including phenoxy) is 2. The van der Waals surface area contributed by atoms with Gasteiger partial charge < -0.3 is 24.3 Å². The molecule has 1 N–H and O–H groups in total. The minimum Gasteiger partial charge on any atom is -0.495 e. The molecular formula is C22H26BrClN4O3. The number of anilines is 3. The predicted molar refractivity (Wildman–Crippen MR) is 129 cm³/mol. The third kappa shape index (κ3) is 4.75. The highest BCUT2D eigenvalue weighted by molar-refractivity contribution is 9.10. The maximum atomic E-state index is 12.1. The number of benzene rings is 2. The minimum absolute atomic E-state index is 0.166. The van der Waals surface area contributed by atoms with E-state index >= 15 is 0 Å². The summed E-state index contributed by atoms with van der Waals surface area (Å²) in [7, 11) is 3.54. The number of methoxy groups -OCH3 is 1. The van der Waals surface area contributed by atoms with Crippen molar-refractivity contribution in [3.63, 3.8) is 0 Å². The second-order valence-corrected chi connectivity index (χ2v) is 8.29. The average Bonchev–Trinajstić information content (AvgIpc) is 3.06. The van der Waals surface area contributed by atoms with Crippen LogP contribution >= 0.6 is 27.5 Å². The van der Waals surface area contributed by atoms with Crippen molar-refractivity contribution in [1.82, 2.24) is 9.55 Å². The number of likely N-dealkylation sites (N-methyl/N-ethyl adjacent to an activating group) is 1. The Balaban J connectivity index is 2.09. The van der Waals surface area contributed by atoms with Crippen LogP contribution in [0.3, 0.4) is 0 Å². The van der Waals surface area contributed by atoms with Crippen molar-refractivity contribution in [2.24, 2.45) is 7.05 Å². The monoisotopic (exact) mass is 508 g/mol. The lowest BCUT2D eigenvalue weighted by atomic mass is 10.2. The molecule has 0 saturated heterocycles. The molecule has 0 aliphatic carbocycles. The van der Waals surface area contributed by atoms with E-state index in [1.807, 2.05) is 48.6 Å². The van der Waals surface area contributed by atoms with Crippen LogP contribution in [-0.2, 0) is 16.6 Å². The SMILES string of the molecule is CCOC(=O)CN(CC)c1ccc(Br)c2nc(Nc3c(C)cc(Cl)cc3OC)n(C)c12. The van der Waals surface area contributed by atoms with Crippen LogP contribution in [0.5, 0.6) is 5.75 Å². The molecule has 0 aliphatic rings. The van der Waals surface area contributed by atoms with E-state index in [1.165, 1.54) is 0 Å². The predicted octanol–water partition coefficient (Wildman–Crippen LogP) is 5.44. The van der Waals surface area contributed by atoms with Crippen LogP contribution in [0.25, 0.3) is 11.0 Å². The molecule has 2 aromatic carbocycles. The van der Waals surface area contributed by atoms with Crippen molar-refractivity contribution in [1.29, 1.82) is 0 Å². The number of rotatable bonds is 8. The Kier molecular flexibility index (Phi) is 7.33. The maximum Gasteiger partial charge on any atom is 0.325 e. The zero-order chi connectivity index (χ0) is 22.7. The van der Waals surface area contributed by atoms with Crippen molar-refractivity contribution in [3.8, 4) is 5.75 Å². The lowest BCUT2D eigenvalue weighted by molar-refractivity contribution is -0.141. The smallest absolute Gasteiger partial charge is 0.325 e. The first kappa shape index (κ1) is 23.2. The number of hydrogen-bond donors (Lipinski definition) is 1. The highest BCUT2D eigenvalue weighted by Crippen LogP contribution is 2.37. The zero-order valence-corrected chi connectivity index (χ0v) is 20.6. The van der Waals surface area contributed by atoms with E-state index in [4.69, 9.17) is 26.1 Å². The third-order valence-electron chi connectivity index (χ3n) is 5.02. The Bertz CT molecular complexity index is 1120. The van der Waals surface area contributed by atoms with Gasteiger partial charge in [-0.05, 0) is 60.5 Å². The second-order valence-electron chi connectivity index (χ2n) is 7.00. The van der Waals surface area contributed by atoms with Gasteiger partial charge in [-0.15, -0.1) is 0 Å². The first-order chi connectivity index (χ1) is 14.8. The number of halogens is 2. The van der Waals surface area contributed by atoms with Gasteiger partial charge >= 0.3 is 5.97 Å². The molecule has 0 unspecified atom stereocenters. The van der Waals surface area contributed by atoms with Crippen molar-refractivity contribution in [2.45, 2.75) is 20.8 Å². The van der Waals surface area contributed by atoms with Crippen LogP contribution in [0.4, 0.5) is 17.3 Å². The summed E-state index contributed by atoms with van der Waals surface area (Å²) in [5.74, 6) is 1.01. The third-order valence-corrected chi connectivity index (χ3v) is 5.88. The first-order valence-electron chi connectivity index (χ1n) is 9.97. The average molecular weight is 510 g/mol. The molecule has 0 atom stereocenters. The lowest BCUT2D eigenvalue weighted by Crippen LogP contribution is -2.31. The van der Waals surface area contributed by atoms with E-state index < -0.39 is 0 Å². The Morgan fingerprint density at radius 1 is 1.32 bits per heavy atom. The van der Waals surface area contributed by atoms with E-state index in [-0.39, 0.29) is 12.5 Å². The molecule has 166 valence electrons. The molecular weight excluding hydrogens is 484 g/mol. The Hall–Kier alpha value is -2.45. The fourth-order valence-electron chi connectivity index (χ4n) is 3.51.